The van der Waals surface area contributed by atoms with Crippen molar-refractivity contribution in [3.8, 4) is 0 Å². The summed E-state index contributed by atoms with van der Waals surface area (Å²) in [5.41, 5.74) is 7.79. The second-order valence-corrected chi connectivity index (χ2v) is 21.7. The highest BCUT2D eigenvalue weighted by Gasteiger charge is 2.50. The molecule has 1 aliphatic heterocycles. The van der Waals surface area contributed by atoms with Gasteiger partial charge in [0.2, 0.25) is 16.9 Å². The Morgan fingerprint density at radius 3 is 2.33 bits per heavy atom. The summed E-state index contributed by atoms with van der Waals surface area (Å²) in [6.07, 6.45) is -7.83. The summed E-state index contributed by atoms with van der Waals surface area (Å²) < 4.78 is 62.3. The lowest BCUT2D eigenvalue weighted by molar-refractivity contribution is -0.137. The Balaban J connectivity index is 1.20. The number of nitrogen functional groups attached to an aromatic ring is 2. The van der Waals surface area contributed by atoms with Gasteiger partial charge in [-0.2, -0.15) is 4.31 Å². The highest BCUT2D eigenvalue weighted by molar-refractivity contribution is 8.13. The van der Waals surface area contributed by atoms with Crippen LogP contribution in [0, 0.1) is 5.41 Å². The van der Waals surface area contributed by atoms with Gasteiger partial charge in [0.1, 0.15) is 42.0 Å². The third kappa shape index (κ3) is 17.0. The molecule has 69 heavy (non-hydrogen) atoms. The standard InChI is InChI=1S/C31H49BN11O21P3S2/c1-30(2,11-60-67(57,58)64-66(55,56)59-9-16-21(62-65(52,53)54)20(45)27(61-16)43-14-40-19-23(33)38-13-39-24(19)43)22(46)26(48)36-6-5-17(44)35-7-8-68-28(49)31(3,4)63-42-18(15-10-69-29(34)41-15)25(47)37-12-32(50)51/h10,13-14,16,20-22,27,45-46,50-51H,5-9,11-12H2,1-4H3,(H2,34,41)(H,35,44)(H,36,48)(H,37,47)(H,55,56)(H,57,58)(H2,33,38,39)(H2,52,53,54)/b42-18+. The van der Waals surface area contributed by atoms with Gasteiger partial charge >= 0.3 is 30.6 Å². The molecule has 3 aromatic rings. The first-order valence-electron chi connectivity index (χ1n) is 19.6. The highest BCUT2D eigenvalue weighted by Crippen LogP contribution is 2.61. The number of carbonyl (C=O) groups is 4. The van der Waals surface area contributed by atoms with Gasteiger partial charge in [-0.05, 0) is 13.8 Å². The average molecular weight is 1080 g/mol. The van der Waals surface area contributed by atoms with Crippen LogP contribution in [0.15, 0.2) is 23.2 Å². The second kappa shape index (κ2) is 23.9. The SMILES string of the molecule is CC(C)(O/N=C(/C(=O)NCB(O)O)c1csc(N)n1)C(=O)SCCNC(=O)CCNC(=O)C(O)C(C)(C)COP(=O)(O)OP(=O)(O)OCC1OC(n2cnc3c(N)ncnc32)C(O)C1OP(=O)(O)O. The van der Waals surface area contributed by atoms with Crippen LogP contribution < -0.4 is 27.4 Å². The van der Waals surface area contributed by atoms with Crippen molar-refractivity contribution in [1.29, 1.82) is 0 Å². The van der Waals surface area contributed by atoms with Crippen LogP contribution in [0.1, 0.15) is 46.0 Å². The van der Waals surface area contributed by atoms with E-state index in [0.717, 1.165) is 40.3 Å². The molecule has 1 aliphatic rings. The number of hydrogen-bond acceptors (Lipinski definition) is 26. The van der Waals surface area contributed by atoms with Gasteiger partial charge in [0.15, 0.2) is 34.1 Å². The number of fused-ring (bicyclic) bond motifs is 1. The van der Waals surface area contributed by atoms with Crippen molar-refractivity contribution < 1.29 is 100 Å². The number of imidazole rings is 1. The van der Waals surface area contributed by atoms with Crippen molar-refractivity contribution in [1.82, 2.24) is 40.5 Å². The Morgan fingerprint density at radius 2 is 1.70 bits per heavy atom. The van der Waals surface area contributed by atoms with E-state index >= 15 is 0 Å². The van der Waals surface area contributed by atoms with Crippen LogP contribution in [0.3, 0.4) is 0 Å². The summed E-state index contributed by atoms with van der Waals surface area (Å²) in [5.74, 6) is -2.54. The molecule has 1 saturated heterocycles. The summed E-state index contributed by atoms with van der Waals surface area (Å²) in [7, 11) is -18.4. The molecule has 0 aromatic carbocycles. The van der Waals surface area contributed by atoms with Gasteiger partial charge in [-0.25, -0.2) is 33.6 Å². The molecule has 3 amide bonds. The number of rotatable bonds is 26. The number of anilines is 2. The van der Waals surface area contributed by atoms with Crippen molar-refractivity contribution in [2.24, 2.45) is 10.6 Å². The van der Waals surface area contributed by atoms with Crippen LogP contribution in [0.25, 0.3) is 11.2 Å². The zero-order valence-corrected chi connectivity index (χ0v) is 40.8. The molecule has 38 heteroatoms. The summed E-state index contributed by atoms with van der Waals surface area (Å²) in [6, 6.07) is 0. The Bertz CT molecular complexity index is 2500. The lowest BCUT2D eigenvalue weighted by Crippen LogP contribution is -2.46. The number of thiazole rings is 1. The normalized spacial score (nSPS) is 20.1. The minimum absolute atomic E-state index is 0.00427. The number of hydrogen-bond donors (Lipinski definition) is 13. The van der Waals surface area contributed by atoms with E-state index in [-0.39, 0.29) is 53.1 Å². The fraction of sp³-hybridized carbons (Fsp3) is 0.581. The van der Waals surface area contributed by atoms with Crippen LogP contribution in [0.4, 0.5) is 10.9 Å². The predicted molar refractivity (Wildman–Crippen MR) is 239 cm³/mol. The number of carbonyl (C=O) groups excluding carboxylic acids is 4. The smallest absolute Gasteiger partial charge is 0.426 e. The molecule has 7 atom stereocenters. The Labute approximate surface area is 398 Å². The summed E-state index contributed by atoms with van der Waals surface area (Å²) in [6.45, 7) is 2.69. The Kier molecular flexibility index (Phi) is 19.9. The topological polar surface area (TPSA) is 494 Å². The minimum atomic E-state index is -5.63. The van der Waals surface area contributed by atoms with Crippen LogP contribution in [0.2, 0.25) is 0 Å². The van der Waals surface area contributed by atoms with Gasteiger partial charge in [0.25, 0.3) is 5.91 Å². The first-order valence-corrected chi connectivity index (χ1v) is 26.0. The zero-order chi connectivity index (χ0) is 51.7. The molecular weight excluding hydrogens is 1030 g/mol. The number of oxime groups is 1. The molecule has 7 unspecified atom stereocenters. The molecule has 4 rings (SSSR count). The lowest BCUT2D eigenvalue weighted by atomic mass is 9.87. The molecule has 3 aromatic heterocycles. The molecule has 0 saturated carbocycles. The van der Waals surface area contributed by atoms with E-state index in [4.69, 9.17) is 40.1 Å². The quantitative estimate of drug-likeness (QED) is 0.0125. The third-order valence-electron chi connectivity index (χ3n) is 9.02. The highest BCUT2D eigenvalue weighted by atomic mass is 32.2. The van der Waals surface area contributed by atoms with Gasteiger partial charge in [-0.3, -0.25) is 37.3 Å². The number of phosphoric acid groups is 3. The molecule has 0 bridgehead atoms. The molecule has 0 aliphatic carbocycles. The first-order chi connectivity index (χ1) is 31.9. The van der Waals surface area contributed by atoms with Crippen LogP contribution >= 0.6 is 46.6 Å². The van der Waals surface area contributed by atoms with Crippen LogP contribution in [0.5, 0.6) is 0 Å². The van der Waals surface area contributed by atoms with E-state index < -0.39 is 120 Å². The molecule has 0 spiro atoms. The van der Waals surface area contributed by atoms with Crippen molar-refractivity contribution in [3.63, 3.8) is 0 Å². The van der Waals surface area contributed by atoms with Gasteiger partial charge in [-0.15, -0.1) is 11.3 Å². The monoisotopic (exact) mass is 1080 g/mol. The number of nitrogens with one attached hydrogen (secondary N) is 3. The van der Waals surface area contributed by atoms with Crippen molar-refractivity contribution in [2.45, 2.75) is 70.4 Å². The third-order valence-corrected chi connectivity index (χ3v) is 14.0. The number of aliphatic hydroxyl groups excluding tert-OH is 2. The fourth-order valence-electron chi connectivity index (χ4n) is 5.51. The van der Waals surface area contributed by atoms with E-state index in [1.54, 1.807) is 0 Å². The van der Waals surface area contributed by atoms with Gasteiger partial charge in [0, 0.05) is 36.1 Å². The molecule has 384 valence electrons. The molecular formula is C31H49BN11O21P3S2. The molecule has 4 heterocycles. The van der Waals surface area contributed by atoms with E-state index in [9.17, 15) is 62.7 Å². The maximum atomic E-state index is 12.9. The van der Waals surface area contributed by atoms with E-state index in [1.807, 2.05) is 0 Å². The number of phosphoric ester groups is 3. The largest absolute Gasteiger partial charge is 0.481 e. The first kappa shape index (κ1) is 57.5. The van der Waals surface area contributed by atoms with E-state index in [1.165, 1.54) is 33.1 Å². The van der Waals surface area contributed by atoms with Crippen LogP contribution in [-0.4, -0.2) is 169 Å². The summed E-state index contributed by atoms with van der Waals surface area (Å²) in [4.78, 5) is 111. The van der Waals surface area contributed by atoms with Gasteiger partial charge in [-0.1, -0.05) is 30.8 Å². The number of thioether (sulfide) groups is 1. The van der Waals surface area contributed by atoms with E-state index in [0.29, 0.717) is 0 Å². The van der Waals surface area contributed by atoms with Crippen LogP contribution in [-0.2, 0) is 60.3 Å². The molecule has 32 nitrogen and oxygen atoms in total. The van der Waals surface area contributed by atoms with Crippen molar-refractivity contribution >= 4 is 104 Å². The number of ether oxygens (including phenoxy) is 1. The fourth-order valence-corrected chi connectivity index (χ4v) is 9.66. The number of amides is 3. The second-order valence-electron chi connectivity index (χ2n) is 15.5. The molecule has 0 radical (unpaired) electrons. The Morgan fingerprint density at radius 1 is 1.01 bits per heavy atom. The van der Waals surface area contributed by atoms with E-state index in [2.05, 4.69) is 49.9 Å². The maximum Gasteiger partial charge on any atom is 0.481 e. The number of aromatic nitrogens is 5. The van der Waals surface area contributed by atoms with Crippen molar-refractivity contribution in [3.05, 3.63) is 23.7 Å². The lowest BCUT2D eigenvalue weighted by Gasteiger charge is -2.30. The molecule has 15 N–H and O–H groups in total. The number of nitrogens with two attached hydrogens (primary N) is 2. The van der Waals surface area contributed by atoms with Crippen molar-refractivity contribution in [2.75, 3.05) is 50.0 Å². The molecule has 1 fully saturated rings. The minimum Gasteiger partial charge on any atom is -0.426 e. The average Bonchev–Trinajstić information content (AvgIpc) is 3.96. The summed E-state index contributed by atoms with van der Waals surface area (Å²) in [5, 5.41) is 51.5. The predicted octanol–water partition coefficient (Wildman–Crippen LogP) is -2.97. The number of aliphatic hydroxyl groups is 2. The Hall–Kier alpha value is -4.09. The van der Waals surface area contributed by atoms with Gasteiger partial charge < -0.3 is 76.8 Å². The maximum absolute atomic E-state index is 12.9. The van der Waals surface area contributed by atoms with Gasteiger partial charge in [0.05, 0.1) is 26.0 Å². The summed E-state index contributed by atoms with van der Waals surface area (Å²) >= 11 is 1.75. The zero-order valence-electron chi connectivity index (χ0n) is 36.5. The number of nitrogens with zero attached hydrogens (tertiary/aromatic N) is 6.